The summed E-state index contributed by atoms with van der Waals surface area (Å²) in [7, 11) is 0. The van der Waals surface area contributed by atoms with Crippen LogP contribution in [0.1, 0.15) is 49.9 Å². The Hall–Kier alpha value is -1.10. The van der Waals surface area contributed by atoms with Crippen LogP contribution in [0.2, 0.25) is 0 Å². The number of halogens is 2. The summed E-state index contributed by atoms with van der Waals surface area (Å²) < 4.78 is 14.3. The summed E-state index contributed by atoms with van der Waals surface area (Å²) in [5.41, 5.74) is 0.325. The van der Waals surface area contributed by atoms with Crippen LogP contribution in [-0.4, -0.2) is 17.1 Å². The number of aromatic carboxylic acids is 1. The van der Waals surface area contributed by atoms with E-state index in [9.17, 15) is 9.18 Å². The minimum atomic E-state index is -1.13. The summed E-state index contributed by atoms with van der Waals surface area (Å²) in [6.07, 6.45) is 4.56. The normalized spacial score (nSPS) is 22.3. The molecule has 0 aromatic heterocycles. The average Bonchev–Trinajstić information content (AvgIpc) is 2.44. The van der Waals surface area contributed by atoms with Crippen LogP contribution in [0.4, 0.5) is 10.1 Å². The van der Waals surface area contributed by atoms with Gasteiger partial charge in [-0.15, -0.1) is 0 Å². The molecule has 1 aromatic carbocycles. The predicted octanol–water partition coefficient (Wildman–Crippen LogP) is 4.91. The zero-order chi connectivity index (χ0) is 15.6. The van der Waals surface area contributed by atoms with E-state index in [1.54, 1.807) is 0 Å². The summed E-state index contributed by atoms with van der Waals surface area (Å²) in [4.78, 5) is 11.0. The van der Waals surface area contributed by atoms with Crippen molar-refractivity contribution in [2.45, 2.75) is 45.6 Å². The molecule has 0 heterocycles. The number of nitrogens with one attached hydrogen (secondary N) is 1. The van der Waals surface area contributed by atoms with Crippen molar-refractivity contribution in [1.29, 1.82) is 0 Å². The molecule has 1 aliphatic rings. The van der Waals surface area contributed by atoms with Crippen LogP contribution in [0.5, 0.6) is 0 Å². The molecular formula is C16H21BrFNO2. The quantitative estimate of drug-likeness (QED) is 0.804. The molecule has 2 unspecified atom stereocenters. The molecule has 1 aromatic rings. The second-order valence-corrected chi connectivity index (χ2v) is 6.83. The molecule has 1 saturated carbocycles. The molecule has 0 aliphatic heterocycles. The number of hydrogen-bond donors (Lipinski definition) is 2. The first-order valence-electron chi connectivity index (χ1n) is 7.39. The lowest BCUT2D eigenvalue weighted by Gasteiger charge is -2.35. The lowest BCUT2D eigenvalue weighted by atomic mass is 9.78. The van der Waals surface area contributed by atoms with Crippen LogP contribution in [0.15, 0.2) is 16.6 Å². The van der Waals surface area contributed by atoms with Crippen molar-refractivity contribution in [1.82, 2.24) is 0 Å². The molecule has 1 fully saturated rings. The SMILES string of the molecule is CC(C)C1CCCCC1Nc1ccc(C(=O)O)c(Br)c1F. The molecule has 0 radical (unpaired) electrons. The minimum Gasteiger partial charge on any atom is -0.478 e. The summed E-state index contributed by atoms with van der Waals surface area (Å²) in [6.45, 7) is 4.40. The van der Waals surface area contributed by atoms with Gasteiger partial charge in [-0.2, -0.15) is 0 Å². The Morgan fingerprint density at radius 2 is 2.05 bits per heavy atom. The molecule has 0 bridgehead atoms. The van der Waals surface area contributed by atoms with Gasteiger partial charge in [-0.3, -0.25) is 0 Å². The fraction of sp³-hybridized carbons (Fsp3) is 0.562. The molecule has 3 nitrogen and oxygen atoms in total. The molecular weight excluding hydrogens is 337 g/mol. The van der Waals surface area contributed by atoms with E-state index < -0.39 is 11.8 Å². The van der Waals surface area contributed by atoms with Crippen molar-refractivity contribution in [3.05, 3.63) is 28.0 Å². The van der Waals surface area contributed by atoms with Gasteiger partial charge in [0.2, 0.25) is 0 Å². The lowest BCUT2D eigenvalue weighted by molar-refractivity contribution is 0.0695. The predicted molar refractivity (Wildman–Crippen MR) is 85.3 cm³/mol. The molecule has 1 aliphatic carbocycles. The zero-order valence-electron chi connectivity index (χ0n) is 12.3. The maximum atomic E-state index is 14.3. The monoisotopic (exact) mass is 357 g/mol. The van der Waals surface area contributed by atoms with Gasteiger partial charge in [-0.25, -0.2) is 9.18 Å². The van der Waals surface area contributed by atoms with Gasteiger partial charge < -0.3 is 10.4 Å². The van der Waals surface area contributed by atoms with E-state index in [4.69, 9.17) is 5.11 Å². The number of carboxylic acids is 1. The molecule has 2 atom stereocenters. The van der Waals surface area contributed by atoms with Crippen LogP contribution in [0, 0.1) is 17.7 Å². The largest absolute Gasteiger partial charge is 0.478 e. The third kappa shape index (κ3) is 3.57. The Morgan fingerprint density at radius 3 is 2.67 bits per heavy atom. The maximum Gasteiger partial charge on any atom is 0.336 e. The molecule has 2 N–H and O–H groups in total. The molecule has 0 spiro atoms. The van der Waals surface area contributed by atoms with Gasteiger partial charge in [0.15, 0.2) is 5.82 Å². The molecule has 0 amide bonds. The number of carbonyl (C=O) groups is 1. The third-order valence-corrected chi connectivity index (χ3v) is 5.10. The summed E-state index contributed by atoms with van der Waals surface area (Å²) >= 11 is 3.04. The van der Waals surface area contributed by atoms with Gasteiger partial charge in [0.25, 0.3) is 0 Å². The van der Waals surface area contributed by atoms with Gasteiger partial charge in [-0.05, 0) is 52.7 Å². The zero-order valence-corrected chi connectivity index (χ0v) is 13.9. The summed E-state index contributed by atoms with van der Waals surface area (Å²) in [6, 6.07) is 3.21. The van der Waals surface area contributed by atoms with Crippen LogP contribution >= 0.6 is 15.9 Å². The van der Waals surface area contributed by atoms with Gasteiger partial charge in [-0.1, -0.05) is 26.7 Å². The van der Waals surface area contributed by atoms with E-state index in [2.05, 4.69) is 35.1 Å². The lowest BCUT2D eigenvalue weighted by Crippen LogP contribution is -2.35. The second-order valence-electron chi connectivity index (χ2n) is 6.04. The number of hydrogen-bond acceptors (Lipinski definition) is 2. The molecule has 5 heteroatoms. The first kappa shape index (κ1) is 16.3. The molecule has 2 rings (SSSR count). The van der Waals surface area contributed by atoms with E-state index in [1.807, 2.05) is 0 Å². The van der Waals surface area contributed by atoms with Crippen molar-refractivity contribution in [3.8, 4) is 0 Å². The molecule has 116 valence electrons. The standard InChI is InChI=1S/C16H21BrFNO2/c1-9(2)10-5-3-4-6-12(10)19-13-8-7-11(16(20)21)14(17)15(13)18/h7-10,12,19H,3-6H2,1-2H3,(H,20,21). The first-order valence-corrected chi connectivity index (χ1v) is 8.19. The van der Waals surface area contributed by atoms with Crippen molar-refractivity contribution >= 4 is 27.6 Å². The van der Waals surface area contributed by atoms with E-state index in [0.29, 0.717) is 17.5 Å². The van der Waals surface area contributed by atoms with E-state index in [0.717, 1.165) is 19.3 Å². The Morgan fingerprint density at radius 1 is 1.38 bits per heavy atom. The van der Waals surface area contributed by atoms with E-state index >= 15 is 0 Å². The first-order chi connectivity index (χ1) is 9.91. The second kappa shape index (κ2) is 6.77. The third-order valence-electron chi connectivity index (χ3n) is 4.33. The van der Waals surface area contributed by atoms with Gasteiger partial charge in [0.05, 0.1) is 15.7 Å². The van der Waals surface area contributed by atoms with Crippen molar-refractivity contribution in [2.75, 3.05) is 5.32 Å². The highest BCUT2D eigenvalue weighted by Crippen LogP contribution is 2.34. The highest BCUT2D eigenvalue weighted by molar-refractivity contribution is 9.10. The van der Waals surface area contributed by atoms with Crippen LogP contribution in [-0.2, 0) is 0 Å². The Balaban J connectivity index is 2.22. The van der Waals surface area contributed by atoms with Gasteiger partial charge in [0, 0.05) is 6.04 Å². The van der Waals surface area contributed by atoms with Crippen molar-refractivity contribution in [3.63, 3.8) is 0 Å². The fourth-order valence-electron chi connectivity index (χ4n) is 3.16. The average molecular weight is 358 g/mol. The Kier molecular flexibility index (Phi) is 5.25. The maximum absolute atomic E-state index is 14.3. The van der Waals surface area contributed by atoms with Crippen molar-refractivity contribution < 1.29 is 14.3 Å². The van der Waals surface area contributed by atoms with Gasteiger partial charge >= 0.3 is 5.97 Å². The highest BCUT2D eigenvalue weighted by Gasteiger charge is 2.28. The summed E-state index contributed by atoms with van der Waals surface area (Å²) in [5.74, 6) is -0.586. The minimum absolute atomic E-state index is 0.0110. The van der Waals surface area contributed by atoms with Gasteiger partial charge in [0.1, 0.15) is 0 Å². The van der Waals surface area contributed by atoms with Crippen LogP contribution in [0.3, 0.4) is 0 Å². The Labute approximate surface area is 133 Å². The van der Waals surface area contributed by atoms with Crippen LogP contribution in [0.25, 0.3) is 0 Å². The smallest absolute Gasteiger partial charge is 0.336 e. The Bertz CT molecular complexity index is 533. The number of rotatable bonds is 4. The summed E-state index contributed by atoms with van der Waals surface area (Å²) in [5, 5.41) is 12.3. The van der Waals surface area contributed by atoms with E-state index in [-0.39, 0.29) is 16.1 Å². The van der Waals surface area contributed by atoms with Crippen LogP contribution < -0.4 is 5.32 Å². The number of benzene rings is 1. The van der Waals surface area contributed by atoms with Crippen molar-refractivity contribution in [2.24, 2.45) is 11.8 Å². The number of carboxylic acid groups (broad SMARTS) is 1. The molecule has 21 heavy (non-hydrogen) atoms. The topological polar surface area (TPSA) is 49.3 Å². The fourth-order valence-corrected chi connectivity index (χ4v) is 3.68. The number of anilines is 1. The van der Waals surface area contributed by atoms with E-state index in [1.165, 1.54) is 18.6 Å². The molecule has 0 saturated heterocycles. The highest BCUT2D eigenvalue weighted by atomic mass is 79.9.